The highest BCUT2D eigenvalue weighted by Gasteiger charge is 2.18. The molecule has 0 bridgehead atoms. The summed E-state index contributed by atoms with van der Waals surface area (Å²) in [6.07, 6.45) is 0. The van der Waals surface area contributed by atoms with Crippen LogP contribution in [0.1, 0.15) is 0 Å². The molecule has 2 heterocycles. The Labute approximate surface area is 341 Å². The van der Waals surface area contributed by atoms with Crippen molar-refractivity contribution in [1.29, 1.82) is 0 Å². The van der Waals surface area contributed by atoms with Crippen LogP contribution in [0.15, 0.2) is 218 Å². The number of rotatable bonds is 5. The van der Waals surface area contributed by atoms with E-state index >= 15 is 0 Å². The molecule has 0 radical (unpaired) electrons. The minimum absolute atomic E-state index is 0.962. The zero-order valence-corrected chi connectivity index (χ0v) is 32.2. The van der Waals surface area contributed by atoms with E-state index in [2.05, 4.69) is 223 Å². The number of aromatic nitrogens is 2. The van der Waals surface area contributed by atoms with Crippen molar-refractivity contribution in [3.05, 3.63) is 218 Å². The summed E-state index contributed by atoms with van der Waals surface area (Å²) in [6.45, 7) is 0. The molecule has 0 fully saturated rings. The minimum Gasteiger partial charge on any atom is -0.309 e. The van der Waals surface area contributed by atoms with Crippen molar-refractivity contribution in [2.45, 2.75) is 0 Å². The Morgan fingerprint density at radius 2 is 0.864 bits per heavy atom. The third kappa shape index (κ3) is 5.45. The summed E-state index contributed by atoms with van der Waals surface area (Å²) in [7, 11) is 0. The largest absolute Gasteiger partial charge is 0.309 e. The smallest absolute Gasteiger partial charge is 0.0715 e. The molecule has 274 valence electrons. The van der Waals surface area contributed by atoms with Gasteiger partial charge >= 0.3 is 0 Å². The number of benzene rings is 10. The van der Waals surface area contributed by atoms with Crippen LogP contribution in [0, 0.1) is 0 Å². The molecule has 0 saturated carbocycles. The lowest BCUT2D eigenvalue weighted by atomic mass is 9.88. The summed E-state index contributed by atoms with van der Waals surface area (Å²) >= 11 is 0. The lowest BCUT2D eigenvalue weighted by molar-refractivity contribution is 1.19. The first-order chi connectivity index (χ1) is 29.2. The first kappa shape index (κ1) is 33.3. The van der Waals surface area contributed by atoms with Gasteiger partial charge in [-0.2, -0.15) is 0 Å². The quantitative estimate of drug-likeness (QED) is 0.160. The molecule has 0 aliphatic carbocycles. The van der Waals surface area contributed by atoms with Gasteiger partial charge in [0.05, 0.1) is 22.4 Å². The second-order valence-electron chi connectivity index (χ2n) is 15.5. The third-order valence-electron chi connectivity index (χ3n) is 12.1. The lowest BCUT2D eigenvalue weighted by Gasteiger charge is -2.16. The first-order valence-corrected chi connectivity index (χ1v) is 20.3. The highest BCUT2D eigenvalue weighted by Crippen LogP contribution is 2.43. The van der Waals surface area contributed by atoms with Gasteiger partial charge in [0.15, 0.2) is 0 Å². The molecule has 0 atom stereocenters. The normalized spacial score (nSPS) is 11.7. The topological polar surface area (TPSA) is 17.8 Å². The Balaban J connectivity index is 1.09. The minimum atomic E-state index is 0.962. The summed E-state index contributed by atoms with van der Waals surface area (Å²) in [4.78, 5) is 5.17. The van der Waals surface area contributed by atoms with E-state index in [9.17, 15) is 0 Å². The molecule has 12 aromatic rings. The molecule has 10 aromatic carbocycles. The molecule has 2 nitrogen and oxygen atoms in total. The van der Waals surface area contributed by atoms with Crippen molar-refractivity contribution in [2.24, 2.45) is 0 Å². The van der Waals surface area contributed by atoms with Crippen LogP contribution in [-0.2, 0) is 0 Å². The average Bonchev–Trinajstić information content (AvgIpc) is 3.65. The van der Waals surface area contributed by atoms with E-state index in [1.165, 1.54) is 76.0 Å². The fraction of sp³-hybridized carbons (Fsp3) is 0. The molecule has 0 aliphatic heterocycles. The zero-order chi connectivity index (χ0) is 38.9. The van der Waals surface area contributed by atoms with Gasteiger partial charge in [-0.3, -0.25) is 0 Å². The summed E-state index contributed by atoms with van der Waals surface area (Å²) in [5.74, 6) is 0. The molecule has 2 aromatic heterocycles. The molecule has 0 amide bonds. The van der Waals surface area contributed by atoms with Crippen molar-refractivity contribution in [2.75, 3.05) is 0 Å². The van der Waals surface area contributed by atoms with Gasteiger partial charge in [0.1, 0.15) is 0 Å². The zero-order valence-electron chi connectivity index (χ0n) is 32.2. The van der Waals surface area contributed by atoms with E-state index in [1.54, 1.807) is 0 Å². The Kier molecular flexibility index (Phi) is 7.57. The van der Waals surface area contributed by atoms with Gasteiger partial charge in [0, 0.05) is 27.6 Å². The van der Waals surface area contributed by atoms with E-state index in [0.717, 1.165) is 39.3 Å². The summed E-state index contributed by atoms with van der Waals surface area (Å²) in [5, 5.41) is 12.5. The van der Waals surface area contributed by atoms with Crippen molar-refractivity contribution >= 4 is 64.9 Å². The van der Waals surface area contributed by atoms with Gasteiger partial charge in [-0.15, -0.1) is 0 Å². The maximum absolute atomic E-state index is 5.17. The van der Waals surface area contributed by atoms with Gasteiger partial charge in [0.2, 0.25) is 0 Å². The number of hydrogen-bond acceptors (Lipinski definition) is 1. The predicted octanol–water partition coefficient (Wildman–Crippen LogP) is 15.5. The maximum Gasteiger partial charge on any atom is 0.0715 e. The molecule has 0 saturated heterocycles. The molecule has 0 aliphatic rings. The monoisotopic (exact) mass is 748 g/mol. The number of nitrogens with zero attached hydrogens (tertiary/aromatic N) is 2. The van der Waals surface area contributed by atoms with Crippen LogP contribution in [0.3, 0.4) is 0 Å². The Morgan fingerprint density at radius 1 is 0.288 bits per heavy atom. The molecule has 0 unspecified atom stereocenters. The van der Waals surface area contributed by atoms with Crippen molar-refractivity contribution in [1.82, 2.24) is 9.55 Å². The van der Waals surface area contributed by atoms with Gasteiger partial charge in [-0.1, -0.05) is 176 Å². The number of fused-ring (bicyclic) bond motifs is 10. The Bertz CT molecular complexity index is 3540. The van der Waals surface area contributed by atoms with Crippen LogP contribution in [-0.4, -0.2) is 9.55 Å². The third-order valence-corrected chi connectivity index (χ3v) is 12.1. The van der Waals surface area contributed by atoms with Crippen molar-refractivity contribution < 1.29 is 0 Å². The second kappa shape index (κ2) is 13.4. The fourth-order valence-electron chi connectivity index (χ4n) is 9.37. The van der Waals surface area contributed by atoms with Crippen LogP contribution >= 0.6 is 0 Å². The Morgan fingerprint density at radius 3 is 1.63 bits per heavy atom. The van der Waals surface area contributed by atoms with E-state index in [4.69, 9.17) is 4.98 Å². The molecular weight excluding hydrogens is 713 g/mol. The Hall–Kier alpha value is -7.81. The van der Waals surface area contributed by atoms with Crippen LogP contribution in [0.25, 0.3) is 115 Å². The van der Waals surface area contributed by atoms with Gasteiger partial charge < -0.3 is 4.57 Å². The van der Waals surface area contributed by atoms with E-state index < -0.39 is 0 Å². The lowest BCUT2D eigenvalue weighted by Crippen LogP contribution is -1.94. The van der Waals surface area contributed by atoms with Crippen LogP contribution in [0.2, 0.25) is 0 Å². The van der Waals surface area contributed by atoms with E-state index in [-0.39, 0.29) is 0 Å². The fourth-order valence-corrected chi connectivity index (χ4v) is 9.37. The molecule has 2 heteroatoms. The maximum atomic E-state index is 5.17. The highest BCUT2D eigenvalue weighted by molar-refractivity contribution is 6.29. The standard InChI is InChI=1S/C57H36N2/c1-3-15-38(16-4-1)53-34-43(35-54(58-53)39-17-5-2-6-18-39)41-27-31-51-52(33-41)47-21-10-9-20-46(47)50-24-13-23-45(57(50)51)42-28-30-49-48-22-11-12-25-55(48)59(56(49)36-42)44-29-26-37-14-7-8-19-40(37)32-44/h1-36H. The number of pyridine rings is 1. The molecular formula is C57H36N2. The van der Waals surface area contributed by atoms with Gasteiger partial charge in [-0.25, -0.2) is 4.98 Å². The van der Waals surface area contributed by atoms with E-state index in [1.807, 2.05) is 0 Å². The average molecular weight is 749 g/mol. The van der Waals surface area contributed by atoms with Crippen molar-refractivity contribution in [3.63, 3.8) is 0 Å². The molecule has 0 N–H and O–H groups in total. The van der Waals surface area contributed by atoms with Gasteiger partial charge in [-0.05, 0) is 108 Å². The molecule has 0 spiro atoms. The first-order valence-electron chi connectivity index (χ1n) is 20.3. The molecule has 12 rings (SSSR count). The number of hydrogen-bond donors (Lipinski definition) is 0. The highest BCUT2D eigenvalue weighted by atomic mass is 15.0. The molecule has 59 heavy (non-hydrogen) atoms. The van der Waals surface area contributed by atoms with Crippen molar-refractivity contribution in [3.8, 4) is 50.5 Å². The van der Waals surface area contributed by atoms with Crippen LogP contribution in [0.5, 0.6) is 0 Å². The summed E-state index contributed by atoms with van der Waals surface area (Å²) in [6, 6.07) is 79.5. The van der Waals surface area contributed by atoms with Gasteiger partial charge in [0.25, 0.3) is 0 Å². The predicted molar refractivity (Wildman–Crippen MR) is 250 cm³/mol. The SMILES string of the molecule is c1ccc(-c2cc(-c3ccc4c(c3)c3ccccc3c3cccc(-c5ccc6c7ccccc7n(-c7ccc8ccccc8c7)c6c5)c34)cc(-c3ccccc3)n2)cc1. The summed E-state index contributed by atoms with van der Waals surface area (Å²) < 4.78 is 2.44. The van der Waals surface area contributed by atoms with E-state index in [0.29, 0.717) is 0 Å². The number of para-hydroxylation sites is 1. The van der Waals surface area contributed by atoms with Crippen LogP contribution < -0.4 is 0 Å². The summed E-state index contributed by atoms with van der Waals surface area (Å²) in [5.41, 5.74) is 12.4. The van der Waals surface area contributed by atoms with Crippen LogP contribution in [0.4, 0.5) is 0 Å². The second-order valence-corrected chi connectivity index (χ2v) is 15.5.